The van der Waals surface area contributed by atoms with Gasteiger partial charge in [-0.1, -0.05) is 72.8 Å². The third-order valence-corrected chi connectivity index (χ3v) is 9.06. The summed E-state index contributed by atoms with van der Waals surface area (Å²) in [5.41, 5.74) is 9.26. The molecule has 0 bridgehead atoms. The third kappa shape index (κ3) is 3.02. The van der Waals surface area contributed by atoms with Crippen molar-refractivity contribution in [1.82, 2.24) is 18.5 Å². The fourth-order valence-electron chi connectivity index (χ4n) is 7.25. The molecule has 6 aromatic carbocycles. The standard InChI is InChI=1S/C39H24N4/c1-3-11-25(12-4-1)42-34-17-9-7-15-27(34)30-21-33-29(22-37(30)42)32-24-38-31(23-36(32)41-20-19-40-39(33)41)28-16-8-10-18-35(28)43(38)26-13-5-2-6-14-26/h1-24H. The van der Waals surface area contributed by atoms with E-state index >= 15 is 0 Å². The summed E-state index contributed by atoms with van der Waals surface area (Å²) in [4.78, 5) is 4.89. The molecule has 0 radical (unpaired) electrons. The first-order valence-electron chi connectivity index (χ1n) is 14.6. The van der Waals surface area contributed by atoms with Gasteiger partial charge in [-0.15, -0.1) is 0 Å². The molecule has 0 aliphatic heterocycles. The molecule has 0 atom stereocenters. The fourth-order valence-corrected chi connectivity index (χ4v) is 7.25. The quantitative estimate of drug-likeness (QED) is 0.198. The Kier molecular flexibility index (Phi) is 4.42. The summed E-state index contributed by atoms with van der Waals surface area (Å²) in [7, 11) is 0. The van der Waals surface area contributed by atoms with E-state index in [1.165, 1.54) is 54.4 Å². The zero-order valence-electron chi connectivity index (χ0n) is 23.1. The van der Waals surface area contributed by atoms with Gasteiger partial charge in [0.05, 0.1) is 27.6 Å². The second-order valence-electron chi connectivity index (χ2n) is 11.3. The molecule has 10 aromatic rings. The van der Waals surface area contributed by atoms with Crippen LogP contribution in [0.15, 0.2) is 146 Å². The molecular weight excluding hydrogens is 524 g/mol. The number of pyridine rings is 1. The number of fused-ring (bicyclic) bond motifs is 12. The Hall–Kier alpha value is -5.87. The van der Waals surface area contributed by atoms with E-state index in [1.54, 1.807) is 0 Å². The van der Waals surface area contributed by atoms with E-state index < -0.39 is 0 Å². The zero-order valence-corrected chi connectivity index (χ0v) is 23.1. The van der Waals surface area contributed by atoms with Crippen LogP contribution < -0.4 is 0 Å². The monoisotopic (exact) mass is 548 g/mol. The summed E-state index contributed by atoms with van der Waals surface area (Å²) in [6, 6.07) is 48.3. The topological polar surface area (TPSA) is 27.2 Å². The Balaban J connectivity index is 1.43. The van der Waals surface area contributed by atoms with Gasteiger partial charge in [-0.3, -0.25) is 4.40 Å². The van der Waals surface area contributed by atoms with E-state index in [4.69, 9.17) is 4.98 Å². The molecule has 200 valence electrons. The molecule has 0 saturated heterocycles. The van der Waals surface area contributed by atoms with Crippen LogP contribution in [0.25, 0.3) is 82.3 Å². The van der Waals surface area contributed by atoms with Crippen molar-refractivity contribution in [3.05, 3.63) is 146 Å². The lowest BCUT2D eigenvalue weighted by molar-refractivity contribution is 1.18. The van der Waals surface area contributed by atoms with Crippen LogP contribution in [0.1, 0.15) is 0 Å². The van der Waals surface area contributed by atoms with Crippen molar-refractivity contribution < 1.29 is 0 Å². The first kappa shape index (κ1) is 22.8. The molecule has 10 rings (SSSR count). The maximum absolute atomic E-state index is 4.89. The summed E-state index contributed by atoms with van der Waals surface area (Å²) in [6.07, 6.45) is 4.01. The molecular formula is C39H24N4. The molecule has 4 nitrogen and oxygen atoms in total. The van der Waals surface area contributed by atoms with E-state index in [9.17, 15) is 0 Å². The molecule has 4 aromatic heterocycles. The van der Waals surface area contributed by atoms with Crippen LogP contribution in [0.5, 0.6) is 0 Å². The highest BCUT2D eigenvalue weighted by Crippen LogP contribution is 2.41. The highest BCUT2D eigenvalue weighted by atomic mass is 15.0. The van der Waals surface area contributed by atoms with Crippen LogP contribution in [0, 0.1) is 0 Å². The predicted molar refractivity (Wildman–Crippen MR) is 179 cm³/mol. The Morgan fingerprint density at radius 2 is 0.860 bits per heavy atom. The van der Waals surface area contributed by atoms with Crippen LogP contribution in [0.4, 0.5) is 0 Å². The van der Waals surface area contributed by atoms with Crippen molar-refractivity contribution in [3.8, 4) is 11.4 Å². The number of rotatable bonds is 2. The molecule has 4 heteroatoms. The fraction of sp³-hybridized carbons (Fsp3) is 0. The summed E-state index contributed by atoms with van der Waals surface area (Å²) in [5.74, 6) is 0. The Labute approximate surface area is 246 Å². The van der Waals surface area contributed by atoms with Crippen molar-refractivity contribution in [2.75, 3.05) is 0 Å². The lowest BCUT2D eigenvalue weighted by atomic mass is 10.0. The second kappa shape index (κ2) is 8.34. The van der Waals surface area contributed by atoms with Crippen molar-refractivity contribution >= 4 is 70.9 Å². The number of para-hydroxylation sites is 4. The molecule has 0 spiro atoms. The summed E-state index contributed by atoms with van der Waals surface area (Å²) in [5, 5.41) is 8.52. The number of hydrogen-bond acceptors (Lipinski definition) is 1. The first-order valence-corrected chi connectivity index (χ1v) is 14.6. The SMILES string of the molecule is c1ccc(-n2c3ccccc3c3cc4c(cc32)c2cc3c(cc2n2ccnc42)c2ccccc2n3-c2ccccc2)cc1. The smallest absolute Gasteiger partial charge is 0.145 e. The predicted octanol–water partition coefficient (Wildman–Crippen LogP) is 9.83. The van der Waals surface area contributed by atoms with E-state index in [0.717, 1.165) is 27.9 Å². The van der Waals surface area contributed by atoms with Gasteiger partial charge in [-0.25, -0.2) is 4.98 Å². The van der Waals surface area contributed by atoms with Gasteiger partial charge in [0.15, 0.2) is 0 Å². The highest BCUT2D eigenvalue weighted by molar-refractivity contribution is 6.23. The van der Waals surface area contributed by atoms with Crippen LogP contribution in [0.2, 0.25) is 0 Å². The van der Waals surface area contributed by atoms with Gasteiger partial charge in [0, 0.05) is 56.1 Å². The minimum absolute atomic E-state index is 0.979. The van der Waals surface area contributed by atoms with Crippen molar-refractivity contribution in [3.63, 3.8) is 0 Å². The average Bonchev–Trinajstić information content (AvgIpc) is 3.77. The van der Waals surface area contributed by atoms with Gasteiger partial charge in [-0.2, -0.15) is 0 Å². The minimum Gasteiger partial charge on any atom is -0.309 e. The van der Waals surface area contributed by atoms with Gasteiger partial charge >= 0.3 is 0 Å². The van der Waals surface area contributed by atoms with Crippen molar-refractivity contribution in [2.45, 2.75) is 0 Å². The number of benzene rings is 6. The van der Waals surface area contributed by atoms with E-state index in [0.29, 0.717) is 0 Å². The molecule has 0 saturated carbocycles. The largest absolute Gasteiger partial charge is 0.309 e. The first-order chi connectivity index (χ1) is 21.3. The van der Waals surface area contributed by atoms with Crippen LogP contribution >= 0.6 is 0 Å². The van der Waals surface area contributed by atoms with Crippen molar-refractivity contribution in [1.29, 1.82) is 0 Å². The summed E-state index contributed by atoms with van der Waals surface area (Å²) in [6.45, 7) is 0. The molecule has 4 heterocycles. The number of nitrogens with zero attached hydrogens (tertiary/aromatic N) is 4. The molecule has 0 fully saturated rings. The molecule has 0 amide bonds. The van der Waals surface area contributed by atoms with Gasteiger partial charge in [0.2, 0.25) is 0 Å². The van der Waals surface area contributed by atoms with E-state index in [1.807, 2.05) is 6.20 Å². The molecule has 0 aliphatic carbocycles. The Bertz CT molecular complexity index is 2520. The van der Waals surface area contributed by atoms with Crippen LogP contribution in [-0.4, -0.2) is 18.5 Å². The second-order valence-corrected chi connectivity index (χ2v) is 11.3. The lowest BCUT2D eigenvalue weighted by Crippen LogP contribution is -1.96. The van der Waals surface area contributed by atoms with E-state index in [-0.39, 0.29) is 0 Å². The van der Waals surface area contributed by atoms with Gasteiger partial charge < -0.3 is 9.13 Å². The molecule has 0 N–H and O–H groups in total. The van der Waals surface area contributed by atoms with E-state index in [2.05, 4.69) is 153 Å². The lowest BCUT2D eigenvalue weighted by Gasteiger charge is -2.13. The molecule has 0 unspecified atom stereocenters. The Morgan fingerprint density at radius 1 is 0.372 bits per heavy atom. The molecule has 0 aliphatic rings. The van der Waals surface area contributed by atoms with Gasteiger partial charge in [0.25, 0.3) is 0 Å². The highest BCUT2D eigenvalue weighted by Gasteiger charge is 2.19. The average molecular weight is 549 g/mol. The minimum atomic E-state index is 0.979. The number of aromatic nitrogens is 4. The molecule has 43 heavy (non-hydrogen) atoms. The van der Waals surface area contributed by atoms with Crippen molar-refractivity contribution in [2.24, 2.45) is 0 Å². The maximum atomic E-state index is 4.89. The Morgan fingerprint density at radius 3 is 1.49 bits per heavy atom. The zero-order chi connectivity index (χ0) is 28.1. The van der Waals surface area contributed by atoms with Crippen LogP contribution in [-0.2, 0) is 0 Å². The van der Waals surface area contributed by atoms with Gasteiger partial charge in [-0.05, 0) is 66.0 Å². The maximum Gasteiger partial charge on any atom is 0.145 e. The normalized spacial score (nSPS) is 12.2. The number of hydrogen-bond donors (Lipinski definition) is 0. The summed E-state index contributed by atoms with van der Waals surface area (Å²) >= 11 is 0. The number of imidazole rings is 1. The third-order valence-electron chi connectivity index (χ3n) is 9.06. The summed E-state index contributed by atoms with van der Waals surface area (Å²) < 4.78 is 7.05. The van der Waals surface area contributed by atoms with Crippen LogP contribution in [0.3, 0.4) is 0 Å². The van der Waals surface area contributed by atoms with Gasteiger partial charge in [0.1, 0.15) is 5.65 Å².